The lowest BCUT2D eigenvalue weighted by molar-refractivity contribution is 0.666. The lowest BCUT2D eigenvalue weighted by Crippen LogP contribution is -2.15. The van der Waals surface area contributed by atoms with Crippen molar-refractivity contribution in [3.8, 4) is 39.3 Å². The number of pyridine rings is 1. The minimum atomic E-state index is -0.129. The van der Waals surface area contributed by atoms with E-state index in [1.54, 1.807) is 0 Å². The molecule has 0 spiro atoms. The minimum absolute atomic E-state index is 0.129. The summed E-state index contributed by atoms with van der Waals surface area (Å²) in [4.78, 5) is 5.30. The van der Waals surface area contributed by atoms with Crippen molar-refractivity contribution in [3.05, 3.63) is 157 Å². The first-order valence-corrected chi connectivity index (χ1v) is 16.2. The number of aromatic nitrogens is 2. The van der Waals surface area contributed by atoms with Crippen molar-refractivity contribution in [2.75, 3.05) is 0 Å². The van der Waals surface area contributed by atoms with Crippen molar-refractivity contribution in [3.63, 3.8) is 0 Å². The molecule has 3 heterocycles. The van der Waals surface area contributed by atoms with E-state index in [1.807, 2.05) is 12.1 Å². The molecule has 0 fully saturated rings. The fourth-order valence-electron chi connectivity index (χ4n) is 8.10. The summed E-state index contributed by atoms with van der Waals surface area (Å²) in [5.74, 6) is 0. The van der Waals surface area contributed by atoms with E-state index in [2.05, 4.69) is 152 Å². The maximum Gasteiger partial charge on any atom is 0.144 e. The van der Waals surface area contributed by atoms with Crippen LogP contribution in [0.3, 0.4) is 0 Å². The maximum absolute atomic E-state index is 6.51. The van der Waals surface area contributed by atoms with Gasteiger partial charge in [0.25, 0.3) is 0 Å². The van der Waals surface area contributed by atoms with Crippen molar-refractivity contribution in [2.45, 2.75) is 19.3 Å². The highest BCUT2D eigenvalue weighted by Crippen LogP contribution is 2.53. The predicted octanol–water partition coefficient (Wildman–Crippen LogP) is 11.7. The lowest BCUT2D eigenvalue weighted by atomic mass is 9.80. The van der Waals surface area contributed by atoms with Gasteiger partial charge >= 0.3 is 0 Å². The van der Waals surface area contributed by atoms with Crippen molar-refractivity contribution >= 4 is 43.7 Å². The van der Waals surface area contributed by atoms with Gasteiger partial charge in [-0.25, -0.2) is 4.98 Å². The minimum Gasteiger partial charge on any atom is -0.455 e. The van der Waals surface area contributed by atoms with Gasteiger partial charge in [-0.1, -0.05) is 123 Å². The van der Waals surface area contributed by atoms with Crippen LogP contribution in [0.5, 0.6) is 0 Å². The molecule has 0 bridgehead atoms. The molecule has 0 amide bonds. The smallest absolute Gasteiger partial charge is 0.144 e. The molecule has 0 aliphatic heterocycles. The molecule has 6 aromatic carbocycles. The Balaban J connectivity index is 1.30. The lowest BCUT2D eigenvalue weighted by Gasteiger charge is -2.22. The molecule has 3 heteroatoms. The number of nitrogens with zero attached hydrogens (tertiary/aromatic N) is 2. The predicted molar refractivity (Wildman–Crippen MR) is 194 cm³/mol. The summed E-state index contributed by atoms with van der Waals surface area (Å²) in [5.41, 5.74) is 14.4. The first kappa shape index (κ1) is 26.3. The molecule has 10 rings (SSSR count). The van der Waals surface area contributed by atoms with E-state index < -0.39 is 0 Å². The van der Waals surface area contributed by atoms with Gasteiger partial charge in [-0.2, -0.15) is 0 Å². The third kappa shape index (κ3) is 3.65. The molecule has 0 unspecified atom stereocenters. The fraction of sp³-hybridized carbons (Fsp3) is 0.0682. The van der Waals surface area contributed by atoms with Crippen LogP contribution in [0.15, 0.2) is 150 Å². The molecular weight excluding hydrogens is 572 g/mol. The second-order valence-corrected chi connectivity index (χ2v) is 13.1. The van der Waals surface area contributed by atoms with E-state index in [1.165, 1.54) is 44.1 Å². The number of rotatable bonds is 3. The number of hydrogen-bond acceptors (Lipinski definition) is 2. The average molecular weight is 603 g/mol. The van der Waals surface area contributed by atoms with Crippen LogP contribution in [0.4, 0.5) is 0 Å². The second kappa shape index (κ2) is 9.54. The SMILES string of the molecule is CC1(C)c2ccccc2-c2ccc3c(c21)c1ccccc1n3-c1cc(-c2ccccc2)nc(-c2cccc3c2oc2ccccc23)c1. The van der Waals surface area contributed by atoms with Gasteiger partial charge < -0.3 is 8.98 Å². The van der Waals surface area contributed by atoms with Crippen LogP contribution in [-0.2, 0) is 5.41 Å². The average Bonchev–Trinajstić information content (AvgIpc) is 3.74. The highest BCUT2D eigenvalue weighted by molar-refractivity contribution is 6.14. The Morgan fingerprint density at radius 3 is 2.15 bits per heavy atom. The van der Waals surface area contributed by atoms with Crippen LogP contribution in [0.1, 0.15) is 25.0 Å². The summed E-state index contributed by atoms with van der Waals surface area (Å²) in [6.07, 6.45) is 0. The number of furan rings is 1. The Bertz CT molecular complexity index is 2710. The van der Waals surface area contributed by atoms with Crippen molar-refractivity contribution in [1.29, 1.82) is 0 Å². The zero-order valence-corrected chi connectivity index (χ0v) is 26.2. The largest absolute Gasteiger partial charge is 0.455 e. The van der Waals surface area contributed by atoms with Gasteiger partial charge in [0.1, 0.15) is 11.2 Å². The van der Waals surface area contributed by atoms with Crippen molar-refractivity contribution in [2.24, 2.45) is 0 Å². The maximum atomic E-state index is 6.51. The molecule has 222 valence electrons. The molecule has 1 aliphatic carbocycles. The fourth-order valence-corrected chi connectivity index (χ4v) is 8.10. The summed E-state index contributed by atoms with van der Waals surface area (Å²) >= 11 is 0. The van der Waals surface area contributed by atoms with Crippen molar-refractivity contribution in [1.82, 2.24) is 9.55 Å². The third-order valence-corrected chi connectivity index (χ3v) is 10.2. The Morgan fingerprint density at radius 1 is 0.553 bits per heavy atom. The first-order chi connectivity index (χ1) is 23.1. The number of fused-ring (bicyclic) bond motifs is 10. The van der Waals surface area contributed by atoms with Crippen LogP contribution < -0.4 is 0 Å². The van der Waals surface area contributed by atoms with Crippen LogP contribution in [0, 0.1) is 0 Å². The third-order valence-electron chi connectivity index (χ3n) is 10.2. The van der Waals surface area contributed by atoms with Gasteiger partial charge in [-0.15, -0.1) is 0 Å². The van der Waals surface area contributed by atoms with Crippen LogP contribution in [0.25, 0.3) is 83.1 Å². The quantitative estimate of drug-likeness (QED) is 0.201. The molecular formula is C44H30N2O. The second-order valence-electron chi connectivity index (χ2n) is 13.1. The summed E-state index contributed by atoms with van der Waals surface area (Å²) in [5, 5.41) is 4.79. The van der Waals surface area contributed by atoms with Crippen LogP contribution in [-0.4, -0.2) is 9.55 Å². The van der Waals surface area contributed by atoms with Gasteiger partial charge in [-0.05, 0) is 58.7 Å². The Kier molecular flexibility index (Phi) is 5.34. The normalized spacial score (nSPS) is 13.5. The Hall–Kier alpha value is -5.93. The summed E-state index contributed by atoms with van der Waals surface area (Å²) < 4.78 is 8.94. The van der Waals surface area contributed by atoms with Gasteiger partial charge in [0.05, 0.1) is 28.1 Å². The van der Waals surface area contributed by atoms with Gasteiger partial charge in [0, 0.05) is 38.1 Å². The molecule has 3 aromatic heterocycles. The van der Waals surface area contributed by atoms with E-state index in [9.17, 15) is 0 Å². The zero-order valence-electron chi connectivity index (χ0n) is 26.2. The van der Waals surface area contributed by atoms with E-state index in [4.69, 9.17) is 9.40 Å². The number of benzene rings is 6. The van der Waals surface area contributed by atoms with E-state index in [0.717, 1.165) is 50.1 Å². The topological polar surface area (TPSA) is 31.0 Å². The molecule has 47 heavy (non-hydrogen) atoms. The van der Waals surface area contributed by atoms with Crippen LogP contribution >= 0.6 is 0 Å². The highest BCUT2D eigenvalue weighted by atomic mass is 16.3. The van der Waals surface area contributed by atoms with Gasteiger partial charge in [0.15, 0.2) is 0 Å². The molecule has 0 saturated heterocycles. The van der Waals surface area contributed by atoms with E-state index in [0.29, 0.717) is 0 Å². The summed E-state index contributed by atoms with van der Waals surface area (Å²) in [6, 6.07) is 51.9. The molecule has 0 radical (unpaired) electrons. The molecule has 0 atom stereocenters. The zero-order chi connectivity index (χ0) is 31.3. The monoisotopic (exact) mass is 602 g/mol. The highest BCUT2D eigenvalue weighted by Gasteiger charge is 2.38. The Morgan fingerprint density at radius 2 is 1.26 bits per heavy atom. The number of para-hydroxylation sites is 3. The molecule has 1 aliphatic rings. The Labute approximate surface area is 272 Å². The summed E-state index contributed by atoms with van der Waals surface area (Å²) in [6.45, 7) is 4.74. The van der Waals surface area contributed by atoms with Gasteiger partial charge in [-0.3, -0.25) is 0 Å². The standard InChI is InChI=1S/C44H30N2O/c1-44(2)35-20-9-6-15-29(35)31-23-24-39-41(42(31)44)34-17-7-10-21-38(34)46(39)28-25-36(27-13-4-3-5-14-27)45-37(26-28)33-19-12-18-32-30-16-8-11-22-40(30)47-43(32)33/h3-26H,1-2H3. The van der Waals surface area contributed by atoms with E-state index in [-0.39, 0.29) is 5.41 Å². The van der Waals surface area contributed by atoms with Crippen LogP contribution in [0.2, 0.25) is 0 Å². The molecule has 0 saturated carbocycles. The molecule has 9 aromatic rings. The van der Waals surface area contributed by atoms with E-state index >= 15 is 0 Å². The number of hydrogen-bond donors (Lipinski definition) is 0. The van der Waals surface area contributed by atoms with Gasteiger partial charge in [0.2, 0.25) is 0 Å². The van der Waals surface area contributed by atoms with Crippen molar-refractivity contribution < 1.29 is 4.42 Å². The molecule has 0 N–H and O–H groups in total. The first-order valence-electron chi connectivity index (χ1n) is 16.2. The molecule has 3 nitrogen and oxygen atoms in total. The summed E-state index contributed by atoms with van der Waals surface area (Å²) in [7, 11) is 0.